The van der Waals surface area contributed by atoms with Crippen molar-refractivity contribution in [3.8, 4) is 0 Å². The highest BCUT2D eigenvalue weighted by molar-refractivity contribution is 9.10. The summed E-state index contributed by atoms with van der Waals surface area (Å²) in [5.41, 5.74) is 1.82. The number of anilines is 1. The Morgan fingerprint density at radius 2 is 1.94 bits per heavy atom. The lowest BCUT2D eigenvalue weighted by atomic mass is 9.93. The molecule has 3 heterocycles. The van der Waals surface area contributed by atoms with Crippen molar-refractivity contribution in [2.45, 2.75) is 32.5 Å². The van der Waals surface area contributed by atoms with Crippen LogP contribution in [0, 0.1) is 12.7 Å². The third-order valence-corrected chi connectivity index (χ3v) is 7.98. The largest absolute Gasteiger partial charge is 0.350 e. The maximum Gasteiger partial charge on any atom is 0.275 e. The third kappa shape index (κ3) is 3.67. The number of carbonyl (C=O) groups excluding carboxylic acids is 2. The molecule has 1 aliphatic heterocycles. The van der Waals surface area contributed by atoms with E-state index < -0.39 is 5.54 Å². The zero-order chi connectivity index (χ0) is 23.3. The highest BCUT2D eigenvalue weighted by Gasteiger charge is 2.48. The van der Waals surface area contributed by atoms with Gasteiger partial charge in [-0.15, -0.1) is 11.3 Å². The topological polar surface area (TPSA) is 54.3 Å². The van der Waals surface area contributed by atoms with Crippen LogP contribution in [0.4, 0.5) is 10.1 Å². The van der Waals surface area contributed by atoms with Gasteiger partial charge in [-0.05, 0) is 72.8 Å². The molecule has 168 valence electrons. The summed E-state index contributed by atoms with van der Waals surface area (Å²) >= 11 is 5.07. The lowest BCUT2D eigenvalue weighted by molar-refractivity contribution is -0.126. The van der Waals surface area contributed by atoms with E-state index in [2.05, 4.69) is 21.2 Å². The number of benzene rings is 2. The van der Waals surface area contributed by atoms with Crippen molar-refractivity contribution in [2.24, 2.45) is 0 Å². The summed E-state index contributed by atoms with van der Waals surface area (Å²) in [6, 6.07) is 15.5. The van der Waals surface area contributed by atoms with Crippen molar-refractivity contribution in [1.82, 2.24) is 9.88 Å². The van der Waals surface area contributed by atoms with Gasteiger partial charge in [-0.2, -0.15) is 0 Å². The first-order valence-corrected chi connectivity index (χ1v) is 12.2. The standard InChI is InChI=1S/C25H21BrFN3O2S/c1-15-11-19(7-8-20(15)26)30-22(31)21-12-17-9-10-33-23(17)29(21)14-25(30,2)24(32)28-13-16-3-5-18(27)6-4-16/h3-12H,13-14H2,1-2H3,(H,28,32)/t25-/m0/s1. The number of fused-ring (bicyclic) bond motifs is 3. The zero-order valence-electron chi connectivity index (χ0n) is 18.1. The van der Waals surface area contributed by atoms with Crippen LogP contribution in [-0.2, 0) is 17.9 Å². The molecular weight excluding hydrogens is 505 g/mol. The van der Waals surface area contributed by atoms with Crippen molar-refractivity contribution < 1.29 is 14.0 Å². The van der Waals surface area contributed by atoms with Crippen LogP contribution in [0.15, 0.2) is 64.5 Å². The van der Waals surface area contributed by atoms with Gasteiger partial charge in [0.1, 0.15) is 21.9 Å². The van der Waals surface area contributed by atoms with Gasteiger partial charge in [0.2, 0.25) is 5.91 Å². The number of amides is 2. The molecule has 0 bridgehead atoms. The SMILES string of the molecule is Cc1cc(N2C(=O)c3cc4ccsc4n3C[C@@]2(C)C(=O)NCc2ccc(F)cc2)ccc1Br. The number of carbonyl (C=O) groups is 2. The summed E-state index contributed by atoms with van der Waals surface area (Å²) in [5, 5.41) is 5.94. The van der Waals surface area contributed by atoms with Crippen molar-refractivity contribution in [1.29, 1.82) is 0 Å². The molecule has 1 N–H and O–H groups in total. The van der Waals surface area contributed by atoms with E-state index in [1.54, 1.807) is 35.3 Å². The Morgan fingerprint density at radius 1 is 1.18 bits per heavy atom. The molecule has 0 unspecified atom stereocenters. The van der Waals surface area contributed by atoms with Gasteiger partial charge in [-0.3, -0.25) is 14.5 Å². The predicted octanol–water partition coefficient (Wildman–Crippen LogP) is 5.65. The molecule has 8 heteroatoms. The molecule has 5 rings (SSSR count). The van der Waals surface area contributed by atoms with Crippen LogP contribution in [0.25, 0.3) is 10.2 Å². The molecule has 0 saturated carbocycles. The van der Waals surface area contributed by atoms with E-state index in [1.807, 2.05) is 47.2 Å². The number of rotatable bonds is 4. The van der Waals surface area contributed by atoms with Crippen LogP contribution in [-0.4, -0.2) is 21.9 Å². The molecule has 33 heavy (non-hydrogen) atoms. The molecule has 1 atom stereocenters. The lowest BCUT2D eigenvalue weighted by Gasteiger charge is -2.44. The maximum atomic E-state index is 13.8. The molecule has 0 spiro atoms. The number of halogens is 2. The molecule has 0 aliphatic carbocycles. The van der Waals surface area contributed by atoms with E-state index in [-0.39, 0.29) is 24.2 Å². The average molecular weight is 526 g/mol. The normalized spacial score (nSPS) is 17.9. The van der Waals surface area contributed by atoms with E-state index >= 15 is 0 Å². The maximum absolute atomic E-state index is 13.8. The van der Waals surface area contributed by atoms with Crippen LogP contribution < -0.4 is 10.2 Å². The summed E-state index contributed by atoms with van der Waals surface area (Å²) in [5.74, 6) is -0.817. The monoisotopic (exact) mass is 525 g/mol. The minimum Gasteiger partial charge on any atom is -0.350 e. The molecule has 0 saturated heterocycles. The Hall–Kier alpha value is -2.97. The van der Waals surface area contributed by atoms with Gasteiger partial charge in [0.15, 0.2) is 0 Å². The number of hydrogen-bond donors (Lipinski definition) is 1. The first kappa shape index (κ1) is 21.9. The van der Waals surface area contributed by atoms with Crippen LogP contribution in [0.2, 0.25) is 0 Å². The highest BCUT2D eigenvalue weighted by atomic mass is 79.9. The molecule has 2 amide bonds. The van der Waals surface area contributed by atoms with Crippen molar-refractivity contribution in [2.75, 3.05) is 4.90 Å². The number of thiophene rings is 1. The van der Waals surface area contributed by atoms with Crippen LogP contribution in [0.1, 0.15) is 28.5 Å². The molecule has 0 radical (unpaired) electrons. The van der Waals surface area contributed by atoms with Crippen LogP contribution >= 0.6 is 27.3 Å². The van der Waals surface area contributed by atoms with E-state index in [1.165, 1.54) is 12.1 Å². The van der Waals surface area contributed by atoms with Crippen molar-refractivity contribution in [3.05, 3.63) is 87.1 Å². The second-order valence-electron chi connectivity index (χ2n) is 8.45. The molecule has 0 fully saturated rings. The van der Waals surface area contributed by atoms with Gasteiger partial charge >= 0.3 is 0 Å². The number of nitrogens with zero attached hydrogens (tertiary/aromatic N) is 2. The molecule has 5 nitrogen and oxygen atoms in total. The second-order valence-corrected chi connectivity index (χ2v) is 10.2. The Kier molecular flexibility index (Phi) is 5.37. The van der Waals surface area contributed by atoms with E-state index in [0.29, 0.717) is 17.9 Å². The predicted molar refractivity (Wildman–Crippen MR) is 132 cm³/mol. The third-order valence-electron chi connectivity index (χ3n) is 6.14. The summed E-state index contributed by atoms with van der Waals surface area (Å²) in [4.78, 5) is 30.0. The minimum absolute atomic E-state index is 0.217. The smallest absolute Gasteiger partial charge is 0.275 e. The Bertz CT molecular complexity index is 1390. The van der Waals surface area contributed by atoms with Gasteiger partial charge in [-0.25, -0.2) is 4.39 Å². The first-order valence-electron chi connectivity index (χ1n) is 10.5. The molecule has 4 aromatic rings. The average Bonchev–Trinajstić information content (AvgIpc) is 3.38. The zero-order valence-corrected chi connectivity index (χ0v) is 20.5. The van der Waals surface area contributed by atoms with Crippen LogP contribution in [0.5, 0.6) is 0 Å². The molecule has 2 aromatic carbocycles. The number of aryl methyl sites for hydroxylation is 1. The van der Waals surface area contributed by atoms with Gasteiger partial charge in [0.25, 0.3) is 5.91 Å². The fourth-order valence-electron chi connectivity index (χ4n) is 4.34. The molecular formula is C25H21BrFN3O2S. The van der Waals surface area contributed by atoms with Crippen molar-refractivity contribution in [3.63, 3.8) is 0 Å². The Balaban J connectivity index is 1.56. The summed E-state index contributed by atoms with van der Waals surface area (Å²) in [7, 11) is 0. The Labute approximate surface area is 203 Å². The summed E-state index contributed by atoms with van der Waals surface area (Å²) in [6.07, 6.45) is 0. The van der Waals surface area contributed by atoms with Crippen LogP contribution in [0.3, 0.4) is 0 Å². The molecule has 1 aliphatic rings. The van der Waals surface area contributed by atoms with Gasteiger partial charge < -0.3 is 9.88 Å². The first-order chi connectivity index (χ1) is 15.8. The summed E-state index contributed by atoms with van der Waals surface area (Å²) in [6.45, 7) is 4.31. The van der Waals surface area contributed by atoms with Crippen molar-refractivity contribution >= 4 is 55.0 Å². The van der Waals surface area contributed by atoms with E-state index in [9.17, 15) is 14.0 Å². The second kappa shape index (κ2) is 8.11. The number of hydrogen-bond acceptors (Lipinski definition) is 3. The Morgan fingerprint density at radius 3 is 2.67 bits per heavy atom. The minimum atomic E-state index is -1.17. The van der Waals surface area contributed by atoms with Gasteiger partial charge in [0.05, 0.1) is 6.54 Å². The quantitative estimate of drug-likeness (QED) is 0.374. The number of aromatic nitrogens is 1. The van der Waals surface area contributed by atoms with E-state index in [0.717, 1.165) is 25.8 Å². The van der Waals surface area contributed by atoms with Gasteiger partial charge in [0, 0.05) is 22.1 Å². The summed E-state index contributed by atoms with van der Waals surface area (Å²) < 4.78 is 16.1. The molecule has 2 aromatic heterocycles. The lowest BCUT2D eigenvalue weighted by Crippen LogP contribution is -2.64. The van der Waals surface area contributed by atoms with E-state index in [4.69, 9.17) is 0 Å². The van der Waals surface area contributed by atoms with Gasteiger partial charge in [-0.1, -0.05) is 28.1 Å². The highest BCUT2D eigenvalue weighted by Crippen LogP contribution is 2.38. The number of nitrogens with one attached hydrogen (secondary N) is 1. The fraction of sp³-hybridized carbons (Fsp3) is 0.200. The fourth-order valence-corrected chi connectivity index (χ4v) is 5.49.